The molecule has 0 saturated carbocycles. The second-order valence-electron chi connectivity index (χ2n) is 9.64. The lowest BCUT2D eigenvalue weighted by Crippen LogP contribution is -2.44. The summed E-state index contributed by atoms with van der Waals surface area (Å²) in [7, 11) is 3.43. The summed E-state index contributed by atoms with van der Waals surface area (Å²) >= 11 is 0. The third kappa shape index (κ3) is 6.15. The van der Waals surface area contributed by atoms with Crippen molar-refractivity contribution in [3.63, 3.8) is 0 Å². The van der Waals surface area contributed by atoms with Gasteiger partial charge in [-0.05, 0) is 53.8 Å². The summed E-state index contributed by atoms with van der Waals surface area (Å²) in [5, 5.41) is 6.38. The van der Waals surface area contributed by atoms with Crippen molar-refractivity contribution in [1.29, 1.82) is 0 Å². The molecule has 2 heterocycles. The average Bonchev–Trinajstić information content (AvgIpc) is 3.34. The second-order valence-corrected chi connectivity index (χ2v) is 9.64. The average molecular weight is 502 g/mol. The largest absolute Gasteiger partial charge is 0.383 e. The highest BCUT2D eigenvalue weighted by molar-refractivity contribution is 6.00. The molecule has 0 bridgehead atoms. The van der Waals surface area contributed by atoms with Gasteiger partial charge in [-0.25, -0.2) is 4.98 Å². The van der Waals surface area contributed by atoms with E-state index in [0.717, 1.165) is 23.1 Å². The van der Waals surface area contributed by atoms with Crippen LogP contribution in [0.2, 0.25) is 0 Å². The van der Waals surface area contributed by atoms with E-state index in [0.29, 0.717) is 30.8 Å². The van der Waals surface area contributed by atoms with Crippen LogP contribution in [-0.4, -0.2) is 61.0 Å². The van der Waals surface area contributed by atoms with E-state index in [-0.39, 0.29) is 29.8 Å². The molecule has 2 amide bonds. The lowest BCUT2D eigenvalue weighted by Gasteiger charge is -2.21. The summed E-state index contributed by atoms with van der Waals surface area (Å²) in [4.78, 5) is 31.1. The Morgan fingerprint density at radius 2 is 1.86 bits per heavy atom. The van der Waals surface area contributed by atoms with Gasteiger partial charge < -0.3 is 26.0 Å². The number of nitrogens with zero attached hydrogens (tertiary/aromatic N) is 2. The topological polar surface area (TPSA) is 110 Å². The number of hydrogen-bond acceptors (Lipinski definition) is 6. The van der Waals surface area contributed by atoms with Crippen molar-refractivity contribution < 1.29 is 14.3 Å². The molecule has 4 N–H and O–H groups in total. The number of nitrogens with two attached hydrogens (primary N) is 1. The first-order valence-electron chi connectivity index (χ1n) is 12.6. The molecule has 37 heavy (non-hydrogen) atoms. The van der Waals surface area contributed by atoms with Crippen molar-refractivity contribution in [2.24, 2.45) is 0 Å². The first kappa shape index (κ1) is 26.3. The Morgan fingerprint density at radius 1 is 1.11 bits per heavy atom. The maximum Gasteiger partial charge on any atom is 0.255 e. The van der Waals surface area contributed by atoms with Crippen molar-refractivity contribution in [2.45, 2.75) is 39.0 Å². The first-order chi connectivity index (χ1) is 17.8. The summed E-state index contributed by atoms with van der Waals surface area (Å²) in [5.41, 5.74) is 12.3. The zero-order valence-electron chi connectivity index (χ0n) is 21.9. The van der Waals surface area contributed by atoms with Crippen LogP contribution in [0.5, 0.6) is 0 Å². The molecule has 8 nitrogen and oxygen atoms in total. The molecule has 2 aromatic carbocycles. The van der Waals surface area contributed by atoms with Crippen LogP contribution in [0, 0.1) is 6.92 Å². The first-order valence-corrected chi connectivity index (χ1v) is 12.6. The maximum absolute atomic E-state index is 13.2. The summed E-state index contributed by atoms with van der Waals surface area (Å²) in [6, 6.07) is 15.1. The van der Waals surface area contributed by atoms with E-state index in [1.807, 2.05) is 12.1 Å². The molecule has 1 aromatic heterocycles. The van der Waals surface area contributed by atoms with E-state index in [1.54, 1.807) is 38.5 Å². The SMILES string of the molecule is CCc1cc(CO[C@H]2CNC[C@@H]2NC(=O)c2cc(-c3ccc(C(=O)N(C)C)cc3)cnc2N)ccc1C. The van der Waals surface area contributed by atoms with E-state index in [4.69, 9.17) is 10.5 Å². The Hall–Kier alpha value is -3.75. The van der Waals surface area contributed by atoms with Crippen LogP contribution in [0.1, 0.15) is 44.3 Å². The normalized spacial score (nSPS) is 17.0. The maximum atomic E-state index is 13.2. The van der Waals surface area contributed by atoms with Gasteiger partial charge in [0.15, 0.2) is 0 Å². The van der Waals surface area contributed by atoms with E-state index < -0.39 is 0 Å². The number of carbonyl (C=O) groups is 2. The van der Waals surface area contributed by atoms with Crippen molar-refractivity contribution in [3.05, 3.63) is 82.5 Å². The summed E-state index contributed by atoms with van der Waals surface area (Å²) in [5.74, 6) is -0.204. The number of carbonyl (C=O) groups excluding carboxylic acids is 2. The molecule has 1 fully saturated rings. The van der Waals surface area contributed by atoms with Crippen LogP contribution < -0.4 is 16.4 Å². The number of benzene rings is 2. The molecule has 3 aromatic rings. The molecule has 194 valence electrons. The smallest absolute Gasteiger partial charge is 0.255 e. The van der Waals surface area contributed by atoms with Crippen LogP contribution in [0.15, 0.2) is 54.7 Å². The van der Waals surface area contributed by atoms with Crippen LogP contribution in [-0.2, 0) is 17.8 Å². The van der Waals surface area contributed by atoms with Gasteiger partial charge in [-0.15, -0.1) is 0 Å². The Labute approximate surface area is 218 Å². The monoisotopic (exact) mass is 501 g/mol. The number of amides is 2. The lowest BCUT2D eigenvalue weighted by atomic mass is 10.0. The molecule has 1 aliphatic rings. The van der Waals surface area contributed by atoms with Crippen molar-refractivity contribution in [1.82, 2.24) is 20.5 Å². The molecule has 0 aliphatic carbocycles. The molecule has 0 spiro atoms. The predicted octanol–water partition coefficient (Wildman–Crippen LogP) is 3.19. The van der Waals surface area contributed by atoms with E-state index >= 15 is 0 Å². The van der Waals surface area contributed by atoms with E-state index in [9.17, 15) is 9.59 Å². The fourth-order valence-electron chi connectivity index (χ4n) is 4.50. The van der Waals surface area contributed by atoms with E-state index in [1.165, 1.54) is 16.0 Å². The third-order valence-corrected chi connectivity index (χ3v) is 6.77. The minimum atomic E-state index is -0.294. The fourth-order valence-corrected chi connectivity index (χ4v) is 4.50. The van der Waals surface area contributed by atoms with Crippen LogP contribution >= 0.6 is 0 Å². The van der Waals surface area contributed by atoms with Crippen molar-refractivity contribution in [3.8, 4) is 11.1 Å². The molecule has 0 unspecified atom stereocenters. The van der Waals surface area contributed by atoms with Crippen LogP contribution in [0.4, 0.5) is 5.82 Å². The molecule has 0 radical (unpaired) electrons. The highest BCUT2D eigenvalue weighted by Crippen LogP contribution is 2.23. The number of pyridine rings is 1. The van der Waals surface area contributed by atoms with Gasteiger partial charge in [0.2, 0.25) is 0 Å². The van der Waals surface area contributed by atoms with Gasteiger partial charge in [0.1, 0.15) is 5.82 Å². The zero-order chi connectivity index (χ0) is 26.5. The molecule has 1 saturated heterocycles. The number of aryl methyl sites for hydroxylation is 2. The Bertz CT molecular complexity index is 1270. The van der Waals surface area contributed by atoms with Gasteiger partial charge >= 0.3 is 0 Å². The molecular weight excluding hydrogens is 466 g/mol. The lowest BCUT2D eigenvalue weighted by molar-refractivity contribution is 0.0357. The fraction of sp³-hybridized carbons (Fsp3) is 0.345. The Balaban J connectivity index is 1.43. The van der Waals surface area contributed by atoms with Gasteiger partial charge in [-0.3, -0.25) is 9.59 Å². The third-order valence-electron chi connectivity index (χ3n) is 6.77. The zero-order valence-corrected chi connectivity index (χ0v) is 21.9. The van der Waals surface area contributed by atoms with Gasteiger partial charge in [0.05, 0.1) is 24.3 Å². The highest BCUT2D eigenvalue weighted by Gasteiger charge is 2.30. The number of hydrogen-bond donors (Lipinski definition) is 3. The molecule has 1 aliphatic heterocycles. The second kappa shape index (κ2) is 11.5. The molecular formula is C29H35N5O3. The number of nitrogen functional groups attached to an aromatic ring is 1. The van der Waals surface area contributed by atoms with Crippen LogP contribution in [0.25, 0.3) is 11.1 Å². The number of aromatic nitrogens is 1. The van der Waals surface area contributed by atoms with Gasteiger partial charge in [0.25, 0.3) is 11.8 Å². The Kier molecular flexibility index (Phi) is 8.21. The van der Waals surface area contributed by atoms with Gasteiger partial charge in [-0.2, -0.15) is 0 Å². The van der Waals surface area contributed by atoms with Crippen molar-refractivity contribution >= 4 is 17.6 Å². The van der Waals surface area contributed by atoms with E-state index in [2.05, 4.69) is 47.7 Å². The predicted molar refractivity (Wildman–Crippen MR) is 145 cm³/mol. The number of nitrogens with one attached hydrogen (secondary N) is 2. The summed E-state index contributed by atoms with van der Waals surface area (Å²) in [6.45, 7) is 6.02. The molecule has 8 heteroatoms. The molecule has 2 atom stereocenters. The summed E-state index contributed by atoms with van der Waals surface area (Å²) in [6.07, 6.45) is 2.45. The quantitative estimate of drug-likeness (QED) is 0.437. The number of ether oxygens (including phenoxy) is 1. The Morgan fingerprint density at radius 3 is 2.57 bits per heavy atom. The van der Waals surface area contributed by atoms with Crippen LogP contribution in [0.3, 0.4) is 0 Å². The van der Waals surface area contributed by atoms with Gasteiger partial charge in [0, 0.05) is 44.5 Å². The standard InChI is InChI=1S/C29H35N5O3/c1-5-20-12-19(7-6-18(20)2)17-37-26-16-31-15-25(26)33-28(35)24-13-23(14-32-27(24)30)21-8-10-22(11-9-21)29(36)34(3)4/h6-14,25-26,31H,5,15-17H2,1-4H3,(H2,30,32)(H,33,35)/t25-,26-/m0/s1. The summed E-state index contributed by atoms with van der Waals surface area (Å²) < 4.78 is 6.19. The van der Waals surface area contributed by atoms with Crippen molar-refractivity contribution in [2.75, 3.05) is 32.9 Å². The molecule has 4 rings (SSSR count). The number of rotatable bonds is 8. The van der Waals surface area contributed by atoms with Gasteiger partial charge in [-0.1, -0.05) is 37.3 Å². The highest BCUT2D eigenvalue weighted by atomic mass is 16.5. The number of anilines is 1. The minimum Gasteiger partial charge on any atom is -0.383 e. The minimum absolute atomic E-state index is 0.0721.